The number of hydrogen-bond acceptors (Lipinski definition) is 19. The smallest absolute Gasteiger partial charge is 0.338 e. The van der Waals surface area contributed by atoms with Crippen LogP contribution in [0.2, 0.25) is 0 Å². The van der Waals surface area contributed by atoms with E-state index in [-0.39, 0.29) is 52.0 Å². The minimum atomic E-state index is -2.13. The van der Waals surface area contributed by atoms with E-state index < -0.39 is 116 Å². The molecule has 0 bridgehead atoms. The van der Waals surface area contributed by atoms with E-state index in [0.717, 1.165) is 0 Å². The normalized spacial score (nSPS) is 22.5. The summed E-state index contributed by atoms with van der Waals surface area (Å²) in [5, 5.41) is 11.8. The maximum absolute atomic E-state index is 14.2. The third-order valence-electron chi connectivity index (χ3n) is 12.2. The average molecular weight is 1070 g/mol. The van der Waals surface area contributed by atoms with Gasteiger partial charge in [-0.05, 0) is 79.7 Å². The number of aliphatic hydroxyl groups excluding tert-OH is 1. The van der Waals surface area contributed by atoms with Crippen molar-refractivity contribution < 1.29 is 90.8 Å². The second kappa shape index (κ2) is 26.7. The molecule has 2 fully saturated rings. The number of Topliss-reactive ketones (excluding diaryl/α,β-unsaturated/α-hetero) is 1. The summed E-state index contributed by atoms with van der Waals surface area (Å²) < 4.78 is 60.8. The Kier molecular flexibility index (Phi) is 19.0. The summed E-state index contributed by atoms with van der Waals surface area (Å²) in [6.45, 7) is -0.272. The van der Waals surface area contributed by atoms with Gasteiger partial charge in [0.05, 0.1) is 46.4 Å². The summed E-state index contributed by atoms with van der Waals surface area (Å²) in [6.07, 6.45) is -18.9. The molecular formula is C59H52O19. The average Bonchev–Trinajstić information content (AvgIpc) is 3.47. The molecule has 8 rings (SSSR count). The van der Waals surface area contributed by atoms with Gasteiger partial charge in [0, 0.05) is 6.42 Å². The Morgan fingerprint density at radius 2 is 0.667 bits per heavy atom. The molecule has 0 aliphatic carbocycles. The van der Waals surface area contributed by atoms with Crippen molar-refractivity contribution in [1.82, 2.24) is 0 Å². The molecule has 0 radical (unpaired) electrons. The zero-order valence-corrected chi connectivity index (χ0v) is 41.7. The van der Waals surface area contributed by atoms with Crippen molar-refractivity contribution >= 4 is 47.6 Å². The Balaban J connectivity index is 1.20. The zero-order chi connectivity index (χ0) is 55.0. The van der Waals surface area contributed by atoms with Crippen LogP contribution < -0.4 is 0 Å². The second-order valence-electron chi connectivity index (χ2n) is 17.7. The van der Waals surface area contributed by atoms with Crippen LogP contribution in [0.1, 0.15) is 81.9 Å². The Morgan fingerprint density at radius 3 is 1.01 bits per heavy atom. The first-order valence-corrected chi connectivity index (χ1v) is 24.6. The standard InChI is InChI=1S/C59H52O19/c1-36(60)32-33-45(61)69-34-44-47(74-53(63)38-22-10-3-11-23-38)49(76-55(65)40-26-14-5-15-27-40)51(78-57(67)42-30-18-7-19-31-42)59(72-44)70-35-43-46(73-52(62)37-20-8-2-9-21-37)48(75-54(64)39-24-12-4-13-25-39)50(58(68)71-43)77-56(66)41-28-16-6-17-29-41/h2-31,43-44,46-51,58-59,68H,32-35H2,1H3/t43-,44-,46+,47+,48+,49+,50-,51-,58-,59-/m1/s1. The van der Waals surface area contributed by atoms with Crippen LogP contribution in [0.4, 0.5) is 0 Å². The molecule has 402 valence electrons. The van der Waals surface area contributed by atoms with Gasteiger partial charge in [-0.2, -0.15) is 0 Å². The molecule has 2 heterocycles. The quantitative estimate of drug-likeness (QED) is 0.0616. The number of ether oxygens (including phenoxy) is 10. The third-order valence-corrected chi connectivity index (χ3v) is 12.2. The lowest BCUT2D eigenvalue weighted by molar-refractivity contribution is -0.323. The van der Waals surface area contributed by atoms with Crippen LogP contribution in [0.3, 0.4) is 0 Å². The third kappa shape index (κ3) is 14.5. The van der Waals surface area contributed by atoms with Gasteiger partial charge in [-0.15, -0.1) is 0 Å². The number of esters is 7. The minimum Gasteiger partial charge on any atom is -0.463 e. The maximum atomic E-state index is 14.2. The van der Waals surface area contributed by atoms with E-state index in [1.54, 1.807) is 109 Å². The van der Waals surface area contributed by atoms with Gasteiger partial charge in [-0.3, -0.25) is 4.79 Å². The molecule has 1 N–H and O–H groups in total. The zero-order valence-electron chi connectivity index (χ0n) is 41.7. The molecule has 10 atom stereocenters. The predicted octanol–water partition coefficient (Wildman–Crippen LogP) is 6.71. The molecule has 19 heteroatoms. The van der Waals surface area contributed by atoms with E-state index in [2.05, 4.69) is 0 Å². The summed E-state index contributed by atoms with van der Waals surface area (Å²) in [6, 6.07) is 46.0. The van der Waals surface area contributed by atoms with Gasteiger partial charge < -0.3 is 57.3 Å². The van der Waals surface area contributed by atoms with Crippen molar-refractivity contribution in [3.63, 3.8) is 0 Å². The number of rotatable bonds is 20. The molecular weight excluding hydrogens is 1010 g/mol. The van der Waals surface area contributed by atoms with Gasteiger partial charge in [-0.25, -0.2) is 28.8 Å². The Labute approximate surface area is 446 Å². The molecule has 2 aliphatic heterocycles. The van der Waals surface area contributed by atoms with Gasteiger partial charge in [0.1, 0.15) is 24.6 Å². The Morgan fingerprint density at radius 1 is 0.372 bits per heavy atom. The predicted molar refractivity (Wildman–Crippen MR) is 270 cm³/mol. The largest absolute Gasteiger partial charge is 0.463 e. The van der Waals surface area contributed by atoms with E-state index in [1.165, 1.54) is 79.7 Å². The van der Waals surface area contributed by atoms with Crippen LogP contribution >= 0.6 is 0 Å². The second-order valence-corrected chi connectivity index (χ2v) is 17.7. The number of carbonyl (C=O) groups is 8. The fourth-order valence-electron chi connectivity index (χ4n) is 8.29. The summed E-state index contributed by atoms with van der Waals surface area (Å²) in [4.78, 5) is 109. The SMILES string of the molecule is CC(=O)CCC(=O)OC[C@H]1O[C@@H](OC[C@H]2O[C@@H](O)[C@H](OC(=O)c3ccccc3)[C@@H](OC(=O)c3ccccc3)[C@H]2OC(=O)c2ccccc2)[C@H](OC(=O)c2ccccc2)[C@@H](OC(=O)c2ccccc2)[C@H]1OC(=O)c1ccccc1. The van der Waals surface area contributed by atoms with Crippen molar-refractivity contribution in [2.75, 3.05) is 13.2 Å². The van der Waals surface area contributed by atoms with Crippen molar-refractivity contribution in [3.05, 3.63) is 215 Å². The van der Waals surface area contributed by atoms with Gasteiger partial charge in [-0.1, -0.05) is 109 Å². The molecule has 19 nitrogen and oxygen atoms in total. The van der Waals surface area contributed by atoms with Crippen LogP contribution in [-0.4, -0.2) is 127 Å². The Bertz CT molecular complexity index is 3000. The van der Waals surface area contributed by atoms with Crippen molar-refractivity contribution in [3.8, 4) is 0 Å². The van der Waals surface area contributed by atoms with Gasteiger partial charge >= 0.3 is 41.8 Å². The van der Waals surface area contributed by atoms with E-state index >= 15 is 0 Å². The summed E-state index contributed by atoms with van der Waals surface area (Å²) >= 11 is 0. The maximum Gasteiger partial charge on any atom is 0.338 e. The molecule has 0 aromatic heterocycles. The van der Waals surface area contributed by atoms with Crippen molar-refractivity contribution in [1.29, 1.82) is 0 Å². The number of aliphatic hydroxyl groups is 1. The molecule has 2 saturated heterocycles. The van der Waals surface area contributed by atoms with Crippen molar-refractivity contribution in [2.24, 2.45) is 0 Å². The van der Waals surface area contributed by atoms with Gasteiger partial charge in [0.15, 0.2) is 49.2 Å². The van der Waals surface area contributed by atoms with Crippen LogP contribution in [0, 0.1) is 0 Å². The van der Waals surface area contributed by atoms with E-state index in [0.29, 0.717) is 0 Å². The first-order chi connectivity index (χ1) is 37.8. The fourth-order valence-corrected chi connectivity index (χ4v) is 8.29. The highest BCUT2D eigenvalue weighted by molar-refractivity contribution is 5.93. The van der Waals surface area contributed by atoms with E-state index in [9.17, 15) is 43.5 Å². The molecule has 0 amide bonds. The molecule has 78 heavy (non-hydrogen) atoms. The van der Waals surface area contributed by atoms with Crippen LogP contribution in [0.5, 0.6) is 0 Å². The first kappa shape index (κ1) is 55.4. The number of ketones is 1. The van der Waals surface area contributed by atoms with Crippen LogP contribution in [0.15, 0.2) is 182 Å². The molecule has 2 aliphatic rings. The van der Waals surface area contributed by atoms with Crippen LogP contribution in [0.25, 0.3) is 0 Å². The van der Waals surface area contributed by atoms with Crippen molar-refractivity contribution in [2.45, 2.75) is 81.2 Å². The Hall–Kier alpha value is -8.88. The lowest BCUT2D eigenvalue weighted by atomic mass is 9.96. The molecule has 6 aromatic rings. The summed E-state index contributed by atoms with van der Waals surface area (Å²) in [5.41, 5.74) is 0.158. The topological polar surface area (TPSA) is 249 Å². The fraction of sp³-hybridized carbons (Fsp3) is 0.254. The summed E-state index contributed by atoms with van der Waals surface area (Å²) in [5.74, 6) is -7.07. The number of carbonyl (C=O) groups excluding carboxylic acids is 8. The highest BCUT2D eigenvalue weighted by atomic mass is 16.7. The number of hydrogen-bond donors (Lipinski definition) is 1. The van der Waals surface area contributed by atoms with E-state index in [1.807, 2.05) is 0 Å². The highest BCUT2D eigenvalue weighted by Crippen LogP contribution is 2.35. The van der Waals surface area contributed by atoms with E-state index in [4.69, 9.17) is 47.4 Å². The molecule has 0 saturated carbocycles. The van der Waals surface area contributed by atoms with Gasteiger partial charge in [0.25, 0.3) is 0 Å². The lowest BCUT2D eigenvalue weighted by Crippen LogP contribution is -2.65. The lowest BCUT2D eigenvalue weighted by Gasteiger charge is -2.46. The first-order valence-electron chi connectivity index (χ1n) is 24.6. The molecule has 6 aromatic carbocycles. The highest BCUT2D eigenvalue weighted by Gasteiger charge is 2.56. The minimum absolute atomic E-state index is 0.00883. The summed E-state index contributed by atoms with van der Waals surface area (Å²) in [7, 11) is 0. The van der Waals surface area contributed by atoms with Crippen LogP contribution in [-0.2, 0) is 57.0 Å². The molecule has 0 spiro atoms. The monoisotopic (exact) mass is 1060 g/mol. The number of benzene rings is 6. The van der Waals surface area contributed by atoms with Gasteiger partial charge in [0.2, 0.25) is 0 Å². The molecule has 0 unspecified atom stereocenters.